The van der Waals surface area contributed by atoms with Crippen molar-refractivity contribution in [3.63, 3.8) is 0 Å². The molecule has 0 bridgehead atoms. The molecule has 1 aromatic heterocycles. The van der Waals surface area contributed by atoms with Gasteiger partial charge in [-0.3, -0.25) is 4.90 Å². The summed E-state index contributed by atoms with van der Waals surface area (Å²) in [6.45, 7) is 6.20. The predicted molar refractivity (Wildman–Crippen MR) is 89.3 cm³/mol. The second-order valence-electron chi connectivity index (χ2n) is 5.74. The average molecular weight is 335 g/mol. The highest BCUT2D eigenvalue weighted by molar-refractivity contribution is 6.30. The largest absolute Gasteiger partial charge is 0.475 e. The third-order valence-corrected chi connectivity index (χ3v) is 4.41. The molecule has 2 aromatic rings. The number of aromatic carboxylic acids is 1. The van der Waals surface area contributed by atoms with Crippen molar-refractivity contribution in [2.45, 2.75) is 13.5 Å². The lowest BCUT2D eigenvalue weighted by atomic mass is 10.2. The zero-order chi connectivity index (χ0) is 16.4. The molecule has 0 amide bonds. The highest BCUT2D eigenvalue weighted by Crippen LogP contribution is 2.22. The number of aryl methyl sites for hydroxylation is 1. The second-order valence-corrected chi connectivity index (χ2v) is 6.18. The van der Waals surface area contributed by atoms with Gasteiger partial charge < -0.3 is 14.4 Å². The van der Waals surface area contributed by atoms with E-state index in [0.717, 1.165) is 42.5 Å². The Hall–Kier alpha value is -1.98. The molecule has 6 heteroatoms. The predicted octanol–water partition coefficient (Wildman–Crippen LogP) is 3.26. The van der Waals surface area contributed by atoms with Gasteiger partial charge in [-0.25, -0.2) is 4.79 Å². The topological polar surface area (TPSA) is 56.9 Å². The number of nitrogens with zero attached hydrogens (tertiary/aromatic N) is 2. The first-order chi connectivity index (χ1) is 11.0. The molecule has 1 N–H and O–H groups in total. The first kappa shape index (κ1) is 15.9. The van der Waals surface area contributed by atoms with Crippen LogP contribution in [0.15, 0.2) is 34.7 Å². The van der Waals surface area contributed by atoms with Crippen LogP contribution in [0.1, 0.15) is 21.9 Å². The van der Waals surface area contributed by atoms with E-state index in [4.69, 9.17) is 21.1 Å². The van der Waals surface area contributed by atoms with Crippen molar-refractivity contribution < 1.29 is 14.3 Å². The number of carboxylic acids is 1. The van der Waals surface area contributed by atoms with Gasteiger partial charge in [-0.05, 0) is 31.2 Å². The monoisotopic (exact) mass is 334 g/mol. The van der Waals surface area contributed by atoms with Crippen molar-refractivity contribution in [2.75, 3.05) is 31.1 Å². The Balaban J connectivity index is 1.60. The minimum atomic E-state index is -1.02. The molecule has 23 heavy (non-hydrogen) atoms. The second kappa shape index (κ2) is 6.64. The van der Waals surface area contributed by atoms with Crippen molar-refractivity contribution in [2.24, 2.45) is 0 Å². The third-order valence-electron chi connectivity index (χ3n) is 4.17. The number of carbonyl (C=O) groups is 1. The van der Waals surface area contributed by atoms with Gasteiger partial charge in [-0.2, -0.15) is 0 Å². The van der Waals surface area contributed by atoms with Gasteiger partial charge in [0.05, 0.1) is 0 Å². The van der Waals surface area contributed by atoms with Crippen molar-refractivity contribution in [3.8, 4) is 0 Å². The van der Waals surface area contributed by atoms with Crippen molar-refractivity contribution in [1.82, 2.24) is 4.90 Å². The van der Waals surface area contributed by atoms with Crippen LogP contribution in [0.2, 0.25) is 5.02 Å². The zero-order valence-corrected chi connectivity index (χ0v) is 13.7. The lowest BCUT2D eigenvalue weighted by molar-refractivity contribution is 0.0661. The summed E-state index contributed by atoms with van der Waals surface area (Å²) in [5, 5.41) is 9.74. The molecule has 0 atom stereocenters. The quantitative estimate of drug-likeness (QED) is 0.930. The highest BCUT2D eigenvalue weighted by atomic mass is 35.5. The van der Waals surface area contributed by atoms with Gasteiger partial charge >= 0.3 is 5.97 Å². The van der Waals surface area contributed by atoms with Crippen LogP contribution in [-0.2, 0) is 6.54 Å². The van der Waals surface area contributed by atoms with Gasteiger partial charge in [0.1, 0.15) is 5.76 Å². The Labute approximate surface area is 140 Å². The van der Waals surface area contributed by atoms with Gasteiger partial charge in [0.2, 0.25) is 5.76 Å². The van der Waals surface area contributed by atoms with Gasteiger partial charge in [0.15, 0.2) is 0 Å². The Morgan fingerprint density at radius 2 is 2.00 bits per heavy atom. The van der Waals surface area contributed by atoms with Crippen LogP contribution < -0.4 is 4.90 Å². The molecular formula is C17H19ClN2O3. The van der Waals surface area contributed by atoms with Crippen LogP contribution in [0.3, 0.4) is 0 Å². The smallest absolute Gasteiger partial charge is 0.371 e. The Kier molecular flexibility index (Phi) is 4.59. The zero-order valence-electron chi connectivity index (χ0n) is 13.0. The number of rotatable bonds is 4. The van der Waals surface area contributed by atoms with Crippen LogP contribution in [-0.4, -0.2) is 42.2 Å². The van der Waals surface area contributed by atoms with Crippen molar-refractivity contribution in [3.05, 3.63) is 52.4 Å². The number of anilines is 1. The van der Waals surface area contributed by atoms with Crippen LogP contribution in [0, 0.1) is 6.92 Å². The van der Waals surface area contributed by atoms with Crippen molar-refractivity contribution in [1.29, 1.82) is 0 Å². The number of carboxylic acid groups (broad SMARTS) is 1. The van der Waals surface area contributed by atoms with Crippen LogP contribution in [0.25, 0.3) is 0 Å². The Morgan fingerprint density at radius 3 is 2.61 bits per heavy atom. The van der Waals surface area contributed by atoms with E-state index >= 15 is 0 Å². The SMILES string of the molecule is Cc1oc(C(=O)O)cc1CN1CCN(c2cccc(Cl)c2)CC1. The minimum Gasteiger partial charge on any atom is -0.475 e. The van der Waals surface area contributed by atoms with Gasteiger partial charge in [0.25, 0.3) is 0 Å². The first-order valence-electron chi connectivity index (χ1n) is 7.58. The third kappa shape index (κ3) is 3.68. The molecule has 0 aliphatic carbocycles. The van der Waals surface area contributed by atoms with Crippen LogP contribution in [0.4, 0.5) is 5.69 Å². The molecule has 0 saturated carbocycles. The molecule has 0 spiro atoms. The fourth-order valence-electron chi connectivity index (χ4n) is 2.86. The number of hydrogen-bond donors (Lipinski definition) is 1. The van der Waals surface area contributed by atoms with E-state index in [9.17, 15) is 4.79 Å². The van der Waals surface area contributed by atoms with Crippen LogP contribution in [0.5, 0.6) is 0 Å². The summed E-state index contributed by atoms with van der Waals surface area (Å²) in [7, 11) is 0. The van der Waals surface area contributed by atoms with E-state index in [1.807, 2.05) is 25.1 Å². The summed E-state index contributed by atoms with van der Waals surface area (Å²) in [6, 6.07) is 9.52. The van der Waals surface area contributed by atoms with Gasteiger partial charge in [0, 0.05) is 49.0 Å². The molecule has 1 fully saturated rings. The Morgan fingerprint density at radius 1 is 1.26 bits per heavy atom. The molecule has 0 unspecified atom stereocenters. The van der Waals surface area contributed by atoms with Crippen molar-refractivity contribution >= 4 is 23.3 Å². The minimum absolute atomic E-state index is 0.00932. The lowest BCUT2D eigenvalue weighted by Gasteiger charge is -2.36. The summed E-state index contributed by atoms with van der Waals surface area (Å²) in [6.07, 6.45) is 0. The van der Waals surface area contributed by atoms with Crippen LogP contribution >= 0.6 is 11.6 Å². The molecule has 3 rings (SSSR count). The Bertz CT molecular complexity index is 706. The molecular weight excluding hydrogens is 316 g/mol. The standard InChI is InChI=1S/C17H19ClN2O3/c1-12-13(9-16(23-12)17(21)22)11-19-5-7-20(8-6-19)15-4-2-3-14(18)10-15/h2-4,9-10H,5-8,11H2,1H3,(H,21,22). The van der Waals surface area contributed by atoms with E-state index < -0.39 is 5.97 Å². The summed E-state index contributed by atoms with van der Waals surface area (Å²) >= 11 is 6.05. The summed E-state index contributed by atoms with van der Waals surface area (Å²) in [4.78, 5) is 15.6. The molecule has 1 aromatic carbocycles. The number of furan rings is 1. The summed E-state index contributed by atoms with van der Waals surface area (Å²) < 4.78 is 5.27. The normalized spacial score (nSPS) is 15.8. The molecule has 0 radical (unpaired) electrons. The number of benzene rings is 1. The summed E-state index contributed by atoms with van der Waals surface area (Å²) in [5.74, 6) is -0.333. The number of halogens is 1. The molecule has 1 saturated heterocycles. The highest BCUT2D eigenvalue weighted by Gasteiger charge is 2.20. The molecule has 2 heterocycles. The molecule has 1 aliphatic heterocycles. The van der Waals surface area contributed by atoms with E-state index in [1.165, 1.54) is 0 Å². The van der Waals surface area contributed by atoms with Gasteiger partial charge in [-0.15, -0.1) is 0 Å². The maximum Gasteiger partial charge on any atom is 0.371 e. The first-order valence-corrected chi connectivity index (χ1v) is 7.96. The lowest BCUT2D eigenvalue weighted by Crippen LogP contribution is -2.46. The van der Waals surface area contributed by atoms with Gasteiger partial charge in [-0.1, -0.05) is 17.7 Å². The molecule has 1 aliphatic rings. The number of piperazine rings is 1. The van der Waals surface area contributed by atoms with E-state index in [-0.39, 0.29) is 5.76 Å². The number of hydrogen-bond acceptors (Lipinski definition) is 4. The van der Waals surface area contributed by atoms with E-state index in [1.54, 1.807) is 6.07 Å². The fraction of sp³-hybridized carbons (Fsp3) is 0.353. The average Bonchev–Trinajstić information content (AvgIpc) is 2.89. The molecule has 122 valence electrons. The maximum atomic E-state index is 11.0. The maximum absolute atomic E-state index is 11.0. The fourth-order valence-corrected chi connectivity index (χ4v) is 3.04. The molecule has 5 nitrogen and oxygen atoms in total. The van der Waals surface area contributed by atoms with E-state index in [2.05, 4.69) is 15.9 Å². The van der Waals surface area contributed by atoms with E-state index in [0.29, 0.717) is 12.3 Å². The summed E-state index contributed by atoms with van der Waals surface area (Å²) in [5.41, 5.74) is 2.09.